The summed E-state index contributed by atoms with van der Waals surface area (Å²) in [4.78, 5) is 0. The highest BCUT2D eigenvalue weighted by Crippen LogP contribution is 2.46. The fourth-order valence-corrected chi connectivity index (χ4v) is 4.13. The number of hydrogen-bond acceptors (Lipinski definition) is 0. The lowest BCUT2D eigenvalue weighted by molar-refractivity contribution is 1.19. The van der Waals surface area contributed by atoms with Gasteiger partial charge in [0, 0.05) is 0 Å². The topological polar surface area (TPSA) is 0 Å². The first-order valence-corrected chi connectivity index (χ1v) is 8.11. The van der Waals surface area contributed by atoms with Gasteiger partial charge in [0.2, 0.25) is 0 Å². The molecule has 1 aliphatic rings. The normalized spacial score (nSPS) is 15.5. The molecule has 0 heteroatoms. The van der Waals surface area contributed by atoms with Gasteiger partial charge in [-0.25, -0.2) is 0 Å². The van der Waals surface area contributed by atoms with Crippen molar-refractivity contribution in [3.63, 3.8) is 0 Å². The van der Waals surface area contributed by atoms with Crippen LogP contribution in [0.2, 0.25) is 0 Å². The molecule has 1 aliphatic carbocycles. The van der Waals surface area contributed by atoms with Crippen LogP contribution in [0.3, 0.4) is 0 Å². The predicted octanol–water partition coefficient (Wildman–Crippen LogP) is 6.04. The van der Waals surface area contributed by atoms with E-state index in [-0.39, 0.29) is 0 Å². The Kier molecular flexibility index (Phi) is 3.24. The van der Waals surface area contributed by atoms with Gasteiger partial charge in [-0.1, -0.05) is 13.0 Å². The number of aryl methyl sites for hydroxylation is 2. The lowest BCUT2D eigenvalue weighted by atomic mass is 9.85. The monoisotopic (exact) mass is 278 g/mol. The standard InChI is InChI=1S/C21H26/c1-8-9-17-10-18-13(4)11(2)14(5)19-15(6)12(3)16(7)20(17)21(18)19/h9H,8,10H2,1-7H3/b17-9-. The van der Waals surface area contributed by atoms with Crippen LogP contribution in [0.15, 0.2) is 6.08 Å². The average Bonchev–Trinajstić information content (AvgIpc) is 2.82. The van der Waals surface area contributed by atoms with Crippen molar-refractivity contribution in [1.82, 2.24) is 0 Å². The van der Waals surface area contributed by atoms with E-state index in [1.807, 2.05) is 0 Å². The van der Waals surface area contributed by atoms with Crippen molar-refractivity contribution in [3.8, 4) is 0 Å². The molecule has 110 valence electrons. The lowest BCUT2D eigenvalue weighted by Gasteiger charge is -2.19. The fourth-order valence-electron chi connectivity index (χ4n) is 4.13. The molecule has 0 N–H and O–H groups in total. The zero-order valence-electron chi connectivity index (χ0n) is 14.5. The van der Waals surface area contributed by atoms with E-state index in [1.54, 1.807) is 16.5 Å². The van der Waals surface area contributed by atoms with Gasteiger partial charge in [0.25, 0.3) is 0 Å². The molecule has 2 aromatic rings. The molecule has 2 aromatic carbocycles. The molecule has 0 amide bonds. The number of allylic oxidation sites excluding steroid dienone is 2. The molecule has 0 atom stereocenters. The van der Waals surface area contributed by atoms with E-state index in [2.05, 4.69) is 54.5 Å². The van der Waals surface area contributed by atoms with Gasteiger partial charge in [-0.05, 0) is 115 Å². The maximum absolute atomic E-state index is 2.43. The van der Waals surface area contributed by atoms with Crippen molar-refractivity contribution < 1.29 is 0 Å². The third-order valence-electron chi connectivity index (χ3n) is 5.77. The molecular weight excluding hydrogens is 252 g/mol. The smallest absolute Gasteiger partial charge is 0.00136 e. The summed E-state index contributed by atoms with van der Waals surface area (Å²) in [5.74, 6) is 0. The maximum Gasteiger partial charge on any atom is -0.00136 e. The Morgan fingerprint density at radius 1 is 0.714 bits per heavy atom. The second kappa shape index (κ2) is 4.73. The number of rotatable bonds is 1. The Balaban J connectivity index is 2.62. The molecule has 0 aliphatic heterocycles. The molecule has 0 heterocycles. The minimum atomic E-state index is 1.12. The van der Waals surface area contributed by atoms with E-state index in [1.165, 1.54) is 44.3 Å². The largest absolute Gasteiger partial charge is 0.0806 e. The highest BCUT2D eigenvalue weighted by atomic mass is 14.3. The van der Waals surface area contributed by atoms with Crippen LogP contribution in [0.5, 0.6) is 0 Å². The fraction of sp³-hybridized carbons (Fsp3) is 0.429. The van der Waals surface area contributed by atoms with Crippen LogP contribution < -0.4 is 0 Å². The molecule has 0 radical (unpaired) electrons. The van der Waals surface area contributed by atoms with Gasteiger partial charge in [0.15, 0.2) is 0 Å². The van der Waals surface area contributed by atoms with Crippen LogP contribution >= 0.6 is 0 Å². The second-order valence-electron chi connectivity index (χ2n) is 6.67. The van der Waals surface area contributed by atoms with E-state index in [0.717, 1.165) is 12.8 Å². The zero-order chi connectivity index (χ0) is 15.5. The molecule has 0 saturated heterocycles. The summed E-state index contributed by atoms with van der Waals surface area (Å²) in [5, 5.41) is 3.07. The van der Waals surface area contributed by atoms with Crippen molar-refractivity contribution in [2.45, 2.75) is 61.3 Å². The van der Waals surface area contributed by atoms with Crippen molar-refractivity contribution in [3.05, 3.63) is 50.6 Å². The second-order valence-corrected chi connectivity index (χ2v) is 6.67. The van der Waals surface area contributed by atoms with Crippen LogP contribution in [-0.4, -0.2) is 0 Å². The molecule has 21 heavy (non-hydrogen) atoms. The Bertz CT molecular complexity index is 793. The summed E-state index contributed by atoms with van der Waals surface area (Å²) in [6.07, 6.45) is 4.67. The zero-order valence-corrected chi connectivity index (χ0v) is 14.5. The SMILES string of the molecule is CC/C=C1/Cc2c(C)c(C)c(C)c3c(C)c(C)c(C)c1c23. The third-order valence-corrected chi connectivity index (χ3v) is 5.77. The Labute approximate surface area is 128 Å². The minimum Gasteiger partial charge on any atom is -0.0806 e. The summed E-state index contributed by atoms with van der Waals surface area (Å²) < 4.78 is 0. The average molecular weight is 278 g/mol. The van der Waals surface area contributed by atoms with Gasteiger partial charge >= 0.3 is 0 Å². The lowest BCUT2D eigenvalue weighted by Crippen LogP contribution is -1.99. The van der Waals surface area contributed by atoms with Gasteiger partial charge in [0.05, 0.1) is 0 Å². The van der Waals surface area contributed by atoms with Crippen molar-refractivity contribution >= 4 is 16.3 Å². The summed E-state index contributed by atoms with van der Waals surface area (Å²) in [6.45, 7) is 16.0. The molecule has 0 fully saturated rings. The van der Waals surface area contributed by atoms with Crippen LogP contribution in [0, 0.1) is 41.5 Å². The van der Waals surface area contributed by atoms with E-state index < -0.39 is 0 Å². The van der Waals surface area contributed by atoms with Crippen LogP contribution in [0.25, 0.3) is 16.3 Å². The van der Waals surface area contributed by atoms with E-state index in [0.29, 0.717) is 0 Å². The van der Waals surface area contributed by atoms with E-state index >= 15 is 0 Å². The van der Waals surface area contributed by atoms with Crippen LogP contribution in [0.1, 0.15) is 57.9 Å². The van der Waals surface area contributed by atoms with E-state index in [4.69, 9.17) is 0 Å². The Morgan fingerprint density at radius 3 is 1.86 bits per heavy atom. The Morgan fingerprint density at radius 2 is 1.29 bits per heavy atom. The first kappa shape index (κ1) is 14.4. The van der Waals surface area contributed by atoms with Gasteiger partial charge in [-0.3, -0.25) is 0 Å². The quantitative estimate of drug-likeness (QED) is 0.596. The molecule has 0 spiro atoms. The third kappa shape index (κ3) is 1.75. The highest BCUT2D eigenvalue weighted by molar-refractivity contribution is 6.07. The van der Waals surface area contributed by atoms with Gasteiger partial charge in [0.1, 0.15) is 0 Å². The highest BCUT2D eigenvalue weighted by Gasteiger charge is 2.27. The summed E-state index contributed by atoms with van der Waals surface area (Å²) in [5.41, 5.74) is 13.6. The molecule has 0 unspecified atom stereocenters. The first-order valence-electron chi connectivity index (χ1n) is 8.11. The molecule has 0 bridgehead atoms. The minimum absolute atomic E-state index is 1.12. The maximum atomic E-state index is 2.43. The van der Waals surface area contributed by atoms with E-state index in [9.17, 15) is 0 Å². The van der Waals surface area contributed by atoms with Crippen LogP contribution in [-0.2, 0) is 6.42 Å². The van der Waals surface area contributed by atoms with Crippen LogP contribution in [0.4, 0.5) is 0 Å². The van der Waals surface area contributed by atoms with Crippen molar-refractivity contribution in [1.29, 1.82) is 0 Å². The van der Waals surface area contributed by atoms with Gasteiger partial charge in [-0.15, -0.1) is 0 Å². The summed E-state index contributed by atoms with van der Waals surface area (Å²) in [6, 6.07) is 0. The van der Waals surface area contributed by atoms with Crippen molar-refractivity contribution in [2.75, 3.05) is 0 Å². The number of benzene rings is 2. The summed E-state index contributed by atoms with van der Waals surface area (Å²) >= 11 is 0. The van der Waals surface area contributed by atoms with Crippen molar-refractivity contribution in [2.24, 2.45) is 0 Å². The molecular formula is C21H26. The molecule has 0 aromatic heterocycles. The molecule has 0 nitrogen and oxygen atoms in total. The predicted molar refractivity (Wildman–Crippen MR) is 94.3 cm³/mol. The van der Waals surface area contributed by atoms with Gasteiger partial charge < -0.3 is 0 Å². The molecule has 0 saturated carbocycles. The van der Waals surface area contributed by atoms with Gasteiger partial charge in [-0.2, -0.15) is 0 Å². The Hall–Kier alpha value is -1.56. The number of hydrogen-bond donors (Lipinski definition) is 0. The first-order chi connectivity index (χ1) is 9.90. The molecule has 3 rings (SSSR count). The summed E-state index contributed by atoms with van der Waals surface area (Å²) in [7, 11) is 0.